The van der Waals surface area contributed by atoms with Gasteiger partial charge >= 0.3 is 0 Å². The molecule has 3 heteroatoms. The quantitative estimate of drug-likeness (QED) is 0.654. The van der Waals surface area contributed by atoms with Crippen LogP contribution in [0.2, 0.25) is 0 Å². The molecule has 0 aliphatic carbocycles. The van der Waals surface area contributed by atoms with Crippen LogP contribution in [0, 0.1) is 10.4 Å². The Labute approximate surface area is 104 Å². The van der Waals surface area contributed by atoms with Gasteiger partial charge in [0.05, 0.1) is 0 Å². The highest BCUT2D eigenvalue weighted by Crippen LogP contribution is 1.92. The highest BCUT2D eigenvalue weighted by Gasteiger charge is 1.92. The molecule has 3 rings (SSSR count). The van der Waals surface area contributed by atoms with Crippen LogP contribution >= 0.6 is 0 Å². The summed E-state index contributed by atoms with van der Waals surface area (Å²) in [5.41, 5.74) is 0. The normalized spacial score (nSPS) is 20.4. The topological polar surface area (TPSA) is 30.8 Å². The van der Waals surface area contributed by atoms with Crippen LogP contribution in [0.5, 0.6) is 0 Å². The third-order valence-electron chi connectivity index (χ3n) is 2.74. The van der Waals surface area contributed by atoms with Gasteiger partial charge in [0.25, 0.3) is 0 Å². The molecule has 1 heterocycles. The third kappa shape index (κ3) is 1.98. The predicted octanol–water partition coefficient (Wildman–Crippen LogP) is 1.76. The molecule has 0 spiro atoms. The van der Waals surface area contributed by atoms with Crippen molar-refractivity contribution < 1.29 is 9.88 Å². The van der Waals surface area contributed by atoms with Gasteiger partial charge in [-0.15, -0.1) is 0 Å². The second-order valence-corrected chi connectivity index (χ2v) is 3.86. The molecular formula is C15H11NO2. The van der Waals surface area contributed by atoms with Gasteiger partial charge in [-0.05, 0) is 27.7 Å². The zero-order valence-electron chi connectivity index (χ0n) is 9.61. The van der Waals surface area contributed by atoms with Gasteiger partial charge in [-0.25, -0.2) is 0 Å². The monoisotopic (exact) mass is 237 g/mol. The fourth-order valence-electron chi connectivity index (χ4n) is 1.93. The number of benzene rings is 2. The standard InChI is InChI=1S/C15H11NO2/c1-2-8-13-12(6-1)7-5-11-17-18-16-15-10-4-3-9-14(13)15/h1-11H/b11-5-,12-7+,14-13-,16-15+. The smallest absolute Gasteiger partial charge is 0.145 e. The molecule has 0 unspecified atom stereocenters. The van der Waals surface area contributed by atoms with Crippen molar-refractivity contribution in [2.24, 2.45) is 5.16 Å². The van der Waals surface area contributed by atoms with Crippen molar-refractivity contribution in [3.63, 3.8) is 0 Å². The van der Waals surface area contributed by atoms with Crippen molar-refractivity contribution in [3.05, 3.63) is 81.9 Å². The molecule has 1 aliphatic rings. The minimum absolute atomic E-state index is 0.744. The Hall–Kier alpha value is -2.55. The largest absolute Gasteiger partial charge is 0.275 e. The lowest BCUT2D eigenvalue weighted by Gasteiger charge is -1.96. The van der Waals surface area contributed by atoms with E-state index in [9.17, 15) is 0 Å². The van der Waals surface area contributed by atoms with E-state index in [0.717, 1.165) is 21.0 Å². The van der Waals surface area contributed by atoms with E-state index in [1.807, 2.05) is 42.5 Å². The Morgan fingerprint density at radius 3 is 2.56 bits per heavy atom. The highest BCUT2D eigenvalue weighted by atomic mass is 17.3. The van der Waals surface area contributed by atoms with Crippen LogP contribution in [0.25, 0.3) is 6.08 Å². The Bertz CT molecular complexity index is 794. The van der Waals surface area contributed by atoms with Crippen LogP contribution in [-0.2, 0) is 9.88 Å². The van der Waals surface area contributed by atoms with E-state index in [2.05, 4.69) is 17.3 Å². The van der Waals surface area contributed by atoms with Crippen molar-refractivity contribution >= 4 is 6.08 Å². The van der Waals surface area contributed by atoms with Crippen LogP contribution in [0.4, 0.5) is 0 Å². The van der Waals surface area contributed by atoms with Crippen LogP contribution in [0.1, 0.15) is 0 Å². The lowest BCUT2D eigenvalue weighted by molar-refractivity contribution is -0.253. The molecule has 0 saturated carbocycles. The zero-order chi connectivity index (χ0) is 12.2. The van der Waals surface area contributed by atoms with Crippen molar-refractivity contribution in [2.75, 3.05) is 0 Å². The molecule has 0 saturated heterocycles. The van der Waals surface area contributed by atoms with Crippen LogP contribution in [0.3, 0.4) is 0 Å². The maximum absolute atomic E-state index is 4.80. The van der Waals surface area contributed by atoms with Gasteiger partial charge in [0.15, 0.2) is 0 Å². The van der Waals surface area contributed by atoms with Crippen LogP contribution in [-0.4, -0.2) is 0 Å². The van der Waals surface area contributed by atoms with E-state index in [-0.39, 0.29) is 0 Å². The maximum Gasteiger partial charge on any atom is 0.145 e. The number of fused-ring (bicyclic) bond motifs is 2. The maximum atomic E-state index is 4.80. The van der Waals surface area contributed by atoms with Crippen molar-refractivity contribution in [2.45, 2.75) is 0 Å². The van der Waals surface area contributed by atoms with Crippen LogP contribution < -0.4 is 10.6 Å². The summed E-state index contributed by atoms with van der Waals surface area (Å²) in [5.74, 6) is 0. The molecule has 0 fully saturated rings. The summed E-state index contributed by atoms with van der Waals surface area (Å²) in [4.78, 5) is 9.57. The lowest BCUT2D eigenvalue weighted by atomic mass is 10.1. The molecule has 2 aromatic rings. The average molecular weight is 237 g/mol. The van der Waals surface area contributed by atoms with Gasteiger partial charge in [0.1, 0.15) is 11.6 Å². The van der Waals surface area contributed by atoms with Gasteiger partial charge in [-0.2, -0.15) is 4.99 Å². The third-order valence-corrected chi connectivity index (χ3v) is 2.74. The molecule has 0 bridgehead atoms. The minimum atomic E-state index is 0.744. The molecule has 0 atom stereocenters. The molecule has 0 amide bonds. The first-order chi connectivity index (χ1) is 8.95. The Morgan fingerprint density at radius 1 is 0.833 bits per heavy atom. The lowest BCUT2D eigenvalue weighted by Crippen LogP contribution is -2.10. The predicted molar refractivity (Wildman–Crippen MR) is 67.1 cm³/mol. The van der Waals surface area contributed by atoms with E-state index in [0.29, 0.717) is 0 Å². The SMILES string of the molecule is C1=C\OO\N=c2/cccc/c2=c2\cccc\c2=C/1. The van der Waals surface area contributed by atoms with Gasteiger partial charge in [0, 0.05) is 5.22 Å². The van der Waals surface area contributed by atoms with Gasteiger partial charge in [0.2, 0.25) is 0 Å². The summed E-state index contributed by atoms with van der Waals surface area (Å²) in [5, 5.41) is 7.95. The van der Waals surface area contributed by atoms with E-state index in [1.165, 1.54) is 6.26 Å². The van der Waals surface area contributed by atoms with Crippen molar-refractivity contribution in [3.8, 4) is 0 Å². The summed E-state index contributed by atoms with van der Waals surface area (Å²) in [6, 6.07) is 15.9. The Kier molecular flexibility index (Phi) is 2.80. The minimum Gasteiger partial charge on any atom is -0.275 e. The fraction of sp³-hybridized carbons (Fsp3) is 0. The number of hydrogen-bond acceptors (Lipinski definition) is 3. The molecule has 0 radical (unpaired) electrons. The van der Waals surface area contributed by atoms with Crippen LogP contribution in [0.15, 0.2) is 66.0 Å². The van der Waals surface area contributed by atoms with Gasteiger partial charge in [-0.3, -0.25) is 4.89 Å². The number of hydrogen-bond donors (Lipinski definition) is 0. The summed E-state index contributed by atoms with van der Waals surface area (Å²) >= 11 is 0. The second-order valence-electron chi connectivity index (χ2n) is 3.86. The first kappa shape index (κ1) is 10.6. The van der Waals surface area contributed by atoms with E-state index in [1.54, 1.807) is 6.08 Å². The van der Waals surface area contributed by atoms with E-state index in [4.69, 9.17) is 9.88 Å². The molecule has 0 aromatic heterocycles. The Morgan fingerprint density at radius 2 is 1.61 bits per heavy atom. The van der Waals surface area contributed by atoms with Crippen molar-refractivity contribution in [1.82, 2.24) is 0 Å². The fourth-order valence-corrected chi connectivity index (χ4v) is 1.93. The van der Waals surface area contributed by atoms with Gasteiger partial charge in [-0.1, -0.05) is 48.5 Å². The Balaban J connectivity index is 2.60. The molecule has 3 nitrogen and oxygen atoms in total. The summed E-state index contributed by atoms with van der Waals surface area (Å²) in [6.45, 7) is 0. The molecular weight excluding hydrogens is 226 g/mol. The number of rotatable bonds is 0. The molecule has 0 N–H and O–H groups in total. The second kappa shape index (κ2) is 4.75. The summed E-state index contributed by atoms with van der Waals surface area (Å²) in [6.07, 6.45) is 5.21. The van der Waals surface area contributed by atoms with E-state index < -0.39 is 0 Å². The summed E-state index contributed by atoms with van der Waals surface area (Å²) < 4.78 is 0. The highest BCUT2D eigenvalue weighted by molar-refractivity contribution is 5.37. The summed E-state index contributed by atoms with van der Waals surface area (Å²) in [7, 11) is 0. The first-order valence-corrected chi connectivity index (χ1v) is 5.67. The number of nitrogens with zero attached hydrogens (tertiary/aromatic N) is 1. The van der Waals surface area contributed by atoms with E-state index >= 15 is 0 Å². The number of allylic oxidation sites excluding steroid dienone is 1. The molecule has 88 valence electrons. The molecule has 2 aromatic carbocycles. The van der Waals surface area contributed by atoms with Gasteiger partial charge < -0.3 is 0 Å². The first-order valence-electron chi connectivity index (χ1n) is 5.67. The average Bonchev–Trinajstić information content (AvgIpc) is 2.44. The zero-order valence-corrected chi connectivity index (χ0v) is 9.61. The molecule has 1 aliphatic heterocycles. The van der Waals surface area contributed by atoms with Crippen molar-refractivity contribution in [1.29, 1.82) is 0 Å². The molecule has 18 heavy (non-hydrogen) atoms.